The van der Waals surface area contributed by atoms with Gasteiger partial charge in [-0.1, -0.05) is 12.1 Å². The van der Waals surface area contributed by atoms with Crippen LogP contribution in [-0.2, 0) is 14.6 Å². The third-order valence-electron chi connectivity index (χ3n) is 3.39. The molecule has 0 aliphatic rings. The molecule has 0 unspecified atom stereocenters. The average Bonchev–Trinajstić information content (AvgIpc) is 3.15. The zero-order valence-corrected chi connectivity index (χ0v) is 14.6. The minimum atomic E-state index is -3.45. The number of ether oxygens (including phenoxy) is 1. The molecule has 9 heteroatoms. The van der Waals surface area contributed by atoms with Crippen molar-refractivity contribution < 1.29 is 22.4 Å². The van der Waals surface area contributed by atoms with Gasteiger partial charge in [-0.15, -0.1) is 10.2 Å². The minimum absolute atomic E-state index is 0.0530. The van der Waals surface area contributed by atoms with Crippen LogP contribution in [0.4, 0.5) is 5.69 Å². The third-order valence-corrected chi connectivity index (χ3v) is 4.55. The Morgan fingerprint density at radius 3 is 2.54 bits per heavy atom. The van der Waals surface area contributed by atoms with Gasteiger partial charge in [0, 0.05) is 11.8 Å². The molecule has 0 atom stereocenters. The van der Waals surface area contributed by atoms with E-state index in [4.69, 9.17) is 9.15 Å². The predicted molar refractivity (Wildman–Crippen MR) is 93.4 cm³/mol. The smallest absolute Gasteiger partial charge is 0.262 e. The summed E-state index contributed by atoms with van der Waals surface area (Å²) in [5.41, 5.74) is 0.941. The number of hydrogen-bond donors (Lipinski definition) is 1. The highest BCUT2D eigenvalue weighted by molar-refractivity contribution is 7.90. The number of carbonyl (C=O) groups is 1. The van der Waals surface area contributed by atoms with Crippen LogP contribution >= 0.6 is 0 Å². The maximum Gasteiger partial charge on any atom is 0.262 e. The molecule has 26 heavy (non-hydrogen) atoms. The monoisotopic (exact) mass is 373 g/mol. The lowest BCUT2D eigenvalue weighted by Gasteiger charge is -2.10. The van der Waals surface area contributed by atoms with Crippen LogP contribution < -0.4 is 10.1 Å². The molecular formula is C17H15N3O5S. The molecular weight excluding hydrogens is 358 g/mol. The number of rotatable bonds is 6. The van der Waals surface area contributed by atoms with E-state index in [1.54, 1.807) is 36.4 Å². The summed E-state index contributed by atoms with van der Waals surface area (Å²) in [5, 5.41) is 9.94. The number of nitrogens with one attached hydrogen (secondary N) is 1. The van der Waals surface area contributed by atoms with Gasteiger partial charge in [-0.2, -0.15) is 0 Å². The molecule has 1 heterocycles. The van der Waals surface area contributed by atoms with Crippen LogP contribution in [0.25, 0.3) is 11.5 Å². The molecule has 134 valence electrons. The largest absolute Gasteiger partial charge is 0.484 e. The van der Waals surface area contributed by atoms with E-state index in [0.29, 0.717) is 11.6 Å². The van der Waals surface area contributed by atoms with Gasteiger partial charge in [-0.25, -0.2) is 8.42 Å². The Morgan fingerprint density at radius 2 is 1.88 bits per heavy atom. The SMILES string of the molecule is CS(=O)(=O)c1ccccc1NC(=O)COc1ccc(-c2nnco2)cc1. The van der Waals surface area contributed by atoms with Crippen molar-refractivity contribution in [3.63, 3.8) is 0 Å². The number of amides is 1. The second kappa shape index (κ2) is 7.36. The molecule has 3 rings (SSSR count). The lowest BCUT2D eigenvalue weighted by Crippen LogP contribution is -2.21. The van der Waals surface area contributed by atoms with Gasteiger partial charge in [0.2, 0.25) is 12.3 Å². The van der Waals surface area contributed by atoms with Crippen LogP contribution in [-0.4, -0.2) is 37.4 Å². The number of aromatic nitrogens is 2. The Hall–Kier alpha value is -3.20. The zero-order chi connectivity index (χ0) is 18.6. The van der Waals surface area contributed by atoms with Crippen molar-refractivity contribution in [2.75, 3.05) is 18.2 Å². The number of nitrogens with zero attached hydrogens (tertiary/aromatic N) is 2. The Morgan fingerprint density at radius 1 is 1.15 bits per heavy atom. The van der Waals surface area contributed by atoms with E-state index in [0.717, 1.165) is 11.8 Å². The van der Waals surface area contributed by atoms with Crippen LogP contribution in [0.3, 0.4) is 0 Å². The molecule has 0 bridgehead atoms. The summed E-state index contributed by atoms with van der Waals surface area (Å²) >= 11 is 0. The average molecular weight is 373 g/mol. The van der Waals surface area contributed by atoms with Crippen molar-refractivity contribution in [3.05, 3.63) is 54.9 Å². The molecule has 1 N–H and O–H groups in total. The van der Waals surface area contributed by atoms with Crippen molar-refractivity contribution in [1.82, 2.24) is 10.2 Å². The quantitative estimate of drug-likeness (QED) is 0.704. The van der Waals surface area contributed by atoms with Gasteiger partial charge in [-0.05, 0) is 36.4 Å². The van der Waals surface area contributed by atoms with Gasteiger partial charge < -0.3 is 14.5 Å². The molecule has 1 amide bonds. The standard InChI is InChI=1S/C17H15N3O5S/c1-26(22,23)15-5-3-2-4-14(15)19-16(21)10-24-13-8-6-12(7-9-13)17-20-18-11-25-17/h2-9,11H,10H2,1H3,(H,19,21). The Labute approximate surface area is 149 Å². The van der Waals surface area contributed by atoms with Crippen molar-refractivity contribution >= 4 is 21.4 Å². The van der Waals surface area contributed by atoms with Crippen LogP contribution in [0, 0.1) is 0 Å². The summed E-state index contributed by atoms with van der Waals surface area (Å²) in [5.74, 6) is 0.383. The van der Waals surface area contributed by atoms with Gasteiger partial charge in [-0.3, -0.25) is 4.79 Å². The highest BCUT2D eigenvalue weighted by Gasteiger charge is 2.14. The maximum absolute atomic E-state index is 12.1. The summed E-state index contributed by atoms with van der Waals surface area (Å²) in [7, 11) is -3.45. The van der Waals surface area contributed by atoms with Crippen molar-refractivity contribution in [3.8, 4) is 17.2 Å². The molecule has 0 saturated carbocycles. The highest BCUT2D eigenvalue weighted by Crippen LogP contribution is 2.22. The second-order valence-corrected chi connectivity index (χ2v) is 7.36. The van der Waals surface area contributed by atoms with Gasteiger partial charge >= 0.3 is 0 Å². The molecule has 3 aromatic rings. The zero-order valence-electron chi connectivity index (χ0n) is 13.7. The first kappa shape index (κ1) is 17.6. The number of hydrogen-bond acceptors (Lipinski definition) is 7. The van der Waals surface area contributed by atoms with Gasteiger partial charge in [0.15, 0.2) is 16.4 Å². The Bertz CT molecular complexity index is 999. The van der Waals surface area contributed by atoms with Crippen LogP contribution in [0.1, 0.15) is 0 Å². The van der Waals surface area contributed by atoms with Crippen LogP contribution in [0.2, 0.25) is 0 Å². The van der Waals surface area contributed by atoms with Crippen LogP contribution in [0.5, 0.6) is 5.75 Å². The van der Waals surface area contributed by atoms with E-state index in [1.165, 1.54) is 18.5 Å². The van der Waals surface area contributed by atoms with E-state index in [-0.39, 0.29) is 17.2 Å². The normalized spacial score (nSPS) is 11.1. The van der Waals surface area contributed by atoms with E-state index in [2.05, 4.69) is 15.5 Å². The van der Waals surface area contributed by atoms with E-state index in [9.17, 15) is 13.2 Å². The summed E-state index contributed by atoms with van der Waals surface area (Å²) in [4.78, 5) is 12.1. The van der Waals surface area contributed by atoms with Crippen molar-refractivity contribution in [2.45, 2.75) is 4.90 Å². The number of sulfone groups is 1. The van der Waals surface area contributed by atoms with Crippen molar-refractivity contribution in [1.29, 1.82) is 0 Å². The first-order valence-corrected chi connectivity index (χ1v) is 9.41. The fourth-order valence-electron chi connectivity index (χ4n) is 2.22. The molecule has 0 aliphatic carbocycles. The van der Waals surface area contributed by atoms with Crippen molar-refractivity contribution in [2.24, 2.45) is 0 Å². The maximum atomic E-state index is 12.1. The van der Waals surface area contributed by atoms with E-state index >= 15 is 0 Å². The molecule has 8 nitrogen and oxygen atoms in total. The summed E-state index contributed by atoms with van der Waals surface area (Å²) in [6.07, 6.45) is 2.32. The molecule has 0 saturated heterocycles. The fraction of sp³-hybridized carbons (Fsp3) is 0.118. The molecule has 0 spiro atoms. The molecule has 0 radical (unpaired) electrons. The predicted octanol–water partition coefficient (Wildman–Crippen LogP) is 2.16. The number of carbonyl (C=O) groups excluding carboxylic acids is 1. The lowest BCUT2D eigenvalue weighted by molar-refractivity contribution is -0.118. The topological polar surface area (TPSA) is 111 Å². The number of benzene rings is 2. The third kappa shape index (κ3) is 4.25. The summed E-state index contributed by atoms with van der Waals surface area (Å²) < 4.78 is 34.0. The first-order chi connectivity index (χ1) is 12.4. The first-order valence-electron chi connectivity index (χ1n) is 7.52. The van der Waals surface area contributed by atoms with E-state index in [1.807, 2.05) is 0 Å². The molecule has 0 aliphatic heterocycles. The fourth-order valence-corrected chi connectivity index (χ4v) is 3.07. The Balaban J connectivity index is 1.61. The minimum Gasteiger partial charge on any atom is -0.484 e. The Kier molecular flexibility index (Phi) is 4.99. The highest BCUT2D eigenvalue weighted by atomic mass is 32.2. The van der Waals surface area contributed by atoms with Gasteiger partial charge in [0.25, 0.3) is 5.91 Å². The molecule has 1 aromatic heterocycles. The van der Waals surface area contributed by atoms with Gasteiger partial charge in [0.1, 0.15) is 5.75 Å². The van der Waals surface area contributed by atoms with Crippen LogP contribution in [0.15, 0.2) is 64.2 Å². The lowest BCUT2D eigenvalue weighted by atomic mass is 10.2. The number of anilines is 1. The second-order valence-electron chi connectivity index (χ2n) is 5.37. The van der Waals surface area contributed by atoms with Gasteiger partial charge in [0.05, 0.1) is 10.6 Å². The molecule has 0 fully saturated rings. The summed E-state index contributed by atoms with van der Waals surface area (Å²) in [6, 6.07) is 13.0. The number of para-hydroxylation sites is 1. The molecule has 2 aromatic carbocycles. The summed E-state index contributed by atoms with van der Waals surface area (Å²) in [6.45, 7) is -0.266. The van der Waals surface area contributed by atoms with E-state index < -0.39 is 15.7 Å².